The van der Waals surface area contributed by atoms with Gasteiger partial charge < -0.3 is 14.8 Å². The Morgan fingerprint density at radius 3 is 2.35 bits per heavy atom. The van der Waals surface area contributed by atoms with Crippen molar-refractivity contribution >= 4 is 0 Å². The van der Waals surface area contributed by atoms with Gasteiger partial charge in [-0.3, -0.25) is 0 Å². The molecule has 1 saturated carbocycles. The molecule has 1 aromatic rings. The van der Waals surface area contributed by atoms with Crippen LogP contribution in [0.2, 0.25) is 0 Å². The van der Waals surface area contributed by atoms with Crippen LogP contribution in [0.15, 0.2) is 18.2 Å². The zero-order valence-corrected chi connectivity index (χ0v) is 12.4. The Hall–Kier alpha value is -1.73. The molecule has 0 unspecified atom stereocenters. The van der Waals surface area contributed by atoms with E-state index in [0.717, 1.165) is 31.2 Å². The first-order chi connectivity index (χ1) is 9.69. The van der Waals surface area contributed by atoms with E-state index in [4.69, 9.17) is 9.47 Å². The average Bonchev–Trinajstić information content (AvgIpc) is 2.54. The van der Waals surface area contributed by atoms with Crippen LogP contribution in [-0.4, -0.2) is 27.3 Å². The summed E-state index contributed by atoms with van der Waals surface area (Å²) in [5.74, 6) is 1.39. The molecule has 0 aromatic heterocycles. The zero-order chi connectivity index (χ0) is 14.6. The molecule has 0 saturated heterocycles. The van der Waals surface area contributed by atoms with Gasteiger partial charge in [0.1, 0.15) is 0 Å². The summed E-state index contributed by atoms with van der Waals surface area (Å²) >= 11 is 0. The molecule has 0 aliphatic heterocycles. The number of benzene rings is 1. The lowest BCUT2D eigenvalue weighted by atomic mass is 9.69. The Balaban J connectivity index is 2.31. The second-order valence-corrected chi connectivity index (χ2v) is 5.33. The smallest absolute Gasteiger partial charge is 0.161 e. The lowest BCUT2D eigenvalue weighted by Crippen LogP contribution is -2.37. The third-order valence-electron chi connectivity index (χ3n) is 4.40. The Kier molecular flexibility index (Phi) is 4.51. The maximum atomic E-state index is 9.70. The van der Waals surface area contributed by atoms with E-state index < -0.39 is 5.41 Å². The summed E-state index contributed by atoms with van der Waals surface area (Å²) in [6.07, 6.45) is 3.81. The lowest BCUT2D eigenvalue weighted by molar-refractivity contribution is 0.304. The number of ether oxygens (including phenoxy) is 2. The van der Waals surface area contributed by atoms with Crippen molar-refractivity contribution in [2.24, 2.45) is 0 Å². The van der Waals surface area contributed by atoms with Gasteiger partial charge in [0.25, 0.3) is 0 Å². The minimum Gasteiger partial charge on any atom is -0.493 e. The molecule has 0 heterocycles. The lowest BCUT2D eigenvalue weighted by Gasteiger charge is -2.35. The van der Waals surface area contributed by atoms with Gasteiger partial charge in [0.2, 0.25) is 0 Å². The first kappa shape index (κ1) is 14.7. The molecular weight excluding hydrogens is 252 g/mol. The van der Waals surface area contributed by atoms with Crippen LogP contribution in [-0.2, 0) is 5.41 Å². The van der Waals surface area contributed by atoms with Crippen molar-refractivity contribution in [1.29, 1.82) is 5.26 Å². The second kappa shape index (κ2) is 6.15. The third-order valence-corrected chi connectivity index (χ3v) is 4.40. The molecule has 1 aliphatic carbocycles. The minimum atomic E-state index is -0.396. The Morgan fingerprint density at radius 1 is 1.20 bits per heavy atom. The molecule has 20 heavy (non-hydrogen) atoms. The quantitative estimate of drug-likeness (QED) is 0.917. The number of hydrogen-bond donors (Lipinski definition) is 1. The molecule has 1 N–H and O–H groups in total. The highest BCUT2D eigenvalue weighted by atomic mass is 16.5. The fraction of sp³-hybridized carbons (Fsp3) is 0.562. The van der Waals surface area contributed by atoms with Gasteiger partial charge in [-0.1, -0.05) is 6.07 Å². The predicted octanol–water partition coefficient (Wildman–Crippen LogP) is 2.63. The number of nitrogens with one attached hydrogen (secondary N) is 1. The van der Waals surface area contributed by atoms with E-state index in [-0.39, 0.29) is 0 Å². The van der Waals surface area contributed by atoms with Crippen LogP contribution in [0.25, 0.3) is 0 Å². The van der Waals surface area contributed by atoms with E-state index in [1.54, 1.807) is 14.2 Å². The minimum absolute atomic E-state index is 0.396. The number of nitriles is 1. The summed E-state index contributed by atoms with van der Waals surface area (Å²) in [4.78, 5) is 0. The fourth-order valence-corrected chi connectivity index (χ4v) is 3.00. The van der Waals surface area contributed by atoms with E-state index in [2.05, 4.69) is 11.4 Å². The standard InChI is InChI=1S/C16H22N2O2/c1-18-13-6-8-16(11-17,9-7-13)12-4-5-14(19-2)15(10-12)20-3/h4-5,10,13,18H,6-9H2,1-3H3. The van der Waals surface area contributed by atoms with Gasteiger partial charge >= 0.3 is 0 Å². The van der Waals surface area contributed by atoms with Crippen molar-refractivity contribution in [3.63, 3.8) is 0 Å². The molecule has 1 aliphatic rings. The molecule has 1 fully saturated rings. The van der Waals surface area contributed by atoms with Gasteiger partial charge in [0.05, 0.1) is 25.7 Å². The summed E-state index contributed by atoms with van der Waals surface area (Å²) in [6.45, 7) is 0. The first-order valence-electron chi connectivity index (χ1n) is 7.00. The highest BCUT2D eigenvalue weighted by molar-refractivity contribution is 5.47. The molecule has 0 spiro atoms. The van der Waals surface area contributed by atoms with Crippen LogP contribution >= 0.6 is 0 Å². The molecule has 1 aromatic carbocycles. The van der Waals surface area contributed by atoms with Crippen LogP contribution in [0, 0.1) is 11.3 Å². The molecule has 0 radical (unpaired) electrons. The van der Waals surface area contributed by atoms with Crippen LogP contribution in [0.1, 0.15) is 31.2 Å². The van der Waals surface area contributed by atoms with Gasteiger partial charge in [0.15, 0.2) is 11.5 Å². The maximum Gasteiger partial charge on any atom is 0.161 e. The monoisotopic (exact) mass is 274 g/mol. The Morgan fingerprint density at radius 2 is 1.85 bits per heavy atom. The van der Waals surface area contributed by atoms with Crippen molar-refractivity contribution in [3.05, 3.63) is 23.8 Å². The van der Waals surface area contributed by atoms with E-state index >= 15 is 0 Å². The normalized spacial score (nSPS) is 25.8. The Bertz CT molecular complexity index is 500. The Labute approximate surface area is 120 Å². The third kappa shape index (κ3) is 2.59. The fourth-order valence-electron chi connectivity index (χ4n) is 3.00. The number of nitrogens with zero attached hydrogens (tertiary/aromatic N) is 1. The van der Waals surface area contributed by atoms with E-state index in [9.17, 15) is 5.26 Å². The average molecular weight is 274 g/mol. The predicted molar refractivity (Wildman–Crippen MR) is 78.2 cm³/mol. The molecule has 0 bridgehead atoms. The van der Waals surface area contributed by atoms with Crippen LogP contribution in [0.3, 0.4) is 0 Å². The van der Waals surface area contributed by atoms with Crippen LogP contribution in [0.5, 0.6) is 11.5 Å². The summed E-state index contributed by atoms with van der Waals surface area (Å²) in [5, 5.41) is 13.0. The van der Waals surface area contributed by atoms with E-state index in [1.807, 2.05) is 25.2 Å². The van der Waals surface area contributed by atoms with Gasteiger partial charge in [-0.25, -0.2) is 0 Å². The highest BCUT2D eigenvalue weighted by Gasteiger charge is 2.37. The molecule has 4 heteroatoms. The number of rotatable bonds is 4. The molecular formula is C16H22N2O2. The molecule has 2 rings (SSSR count). The van der Waals surface area contributed by atoms with Crippen LogP contribution in [0.4, 0.5) is 0 Å². The van der Waals surface area contributed by atoms with Gasteiger partial charge in [-0.15, -0.1) is 0 Å². The highest BCUT2D eigenvalue weighted by Crippen LogP contribution is 2.41. The summed E-state index contributed by atoms with van der Waals surface area (Å²) in [6, 6.07) is 8.89. The number of methoxy groups -OCH3 is 2. The van der Waals surface area contributed by atoms with Crippen molar-refractivity contribution in [3.8, 4) is 17.6 Å². The van der Waals surface area contributed by atoms with E-state index in [1.165, 1.54) is 0 Å². The topological polar surface area (TPSA) is 54.3 Å². The molecule has 0 atom stereocenters. The van der Waals surface area contributed by atoms with E-state index in [0.29, 0.717) is 17.5 Å². The van der Waals surface area contributed by atoms with Crippen molar-refractivity contribution in [2.45, 2.75) is 37.1 Å². The SMILES string of the molecule is CNC1CCC(C#N)(c2ccc(OC)c(OC)c2)CC1. The summed E-state index contributed by atoms with van der Waals surface area (Å²) in [7, 11) is 5.23. The summed E-state index contributed by atoms with van der Waals surface area (Å²) in [5.41, 5.74) is 0.639. The van der Waals surface area contributed by atoms with Crippen molar-refractivity contribution in [1.82, 2.24) is 5.32 Å². The van der Waals surface area contributed by atoms with Crippen molar-refractivity contribution < 1.29 is 9.47 Å². The first-order valence-corrected chi connectivity index (χ1v) is 7.00. The van der Waals surface area contributed by atoms with Gasteiger partial charge in [0, 0.05) is 6.04 Å². The van der Waals surface area contributed by atoms with Gasteiger partial charge in [-0.2, -0.15) is 5.26 Å². The second-order valence-electron chi connectivity index (χ2n) is 5.33. The zero-order valence-electron chi connectivity index (χ0n) is 12.4. The van der Waals surface area contributed by atoms with Gasteiger partial charge in [-0.05, 0) is 50.4 Å². The molecule has 108 valence electrons. The van der Waals surface area contributed by atoms with Crippen LogP contribution < -0.4 is 14.8 Å². The maximum absolute atomic E-state index is 9.70. The molecule has 4 nitrogen and oxygen atoms in total. The summed E-state index contributed by atoms with van der Waals surface area (Å²) < 4.78 is 10.6. The molecule has 0 amide bonds. The number of hydrogen-bond acceptors (Lipinski definition) is 4. The largest absolute Gasteiger partial charge is 0.493 e. The van der Waals surface area contributed by atoms with Crippen molar-refractivity contribution in [2.75, 3.05) is 21.3 Å².